The molecule has 3 aromatic rings. The van der Waals surface area contributed by atoms with Crippen LogP contribution in [0.1, 0.15) is 33.6 Å². The van der Waals surface area contributed by atoms with Crippen LogP contribution >= 0.6 is 0 Å². The van der Waals surface area contributed by atoms with Crippen molar-refractivity contribution < 1.29 is 19.0 Å². The predicted octanol–water partition coefficient (Wildman–Crippen LogP) is 4.21. The first-order chi connectivity index (χ1) is 14.8. The van der Waals surface area contributed by atoms with E-state index in [0.29, 0.717) is 18.8 Å². The second kappa shape index (κ2) is 8.45. The highest BCUT2D eigenvalue weighted by Gasteiger charge is 2.27. The van der Waals surface area contributed by atoms with Crippen molar-refractivity contribution in [1.82, 2.24) is 19.4 Å². The number of aromatic nitrogens is 3. The molecule has 0 radical (unpaired) electrons. The number of ether oxygens (including phenoxy) is 3. The lowest BCUT2D eigenvalue weighted by Gasteiger charge is -2.33. The highest BCUT2D eigenvalue weighted by atomic mass is 16.6. The zero-order valence-corrected chi connectivity index (χ0v) is 18.4. The predicted molar refractivity (Wildman–Crippen MR) is 117 cm³/mol. The molecule has 0 aliphatic carbocycles. The summed E-state index contributed by atoms with van der Waals surface area (Å²) >= 11 is 0. The van der Waals surface area contributed by atoms with Gasteiger partial charge in [0.05, 0.1) is 19.5 Å². The summed E-state index contributed by atoms with van der Waals surface area (Å²) in [6, 6.07) is 7.75. The zero-order valence-electron chi connectivity index (χ0n) is 18.4. The minimum atomic E-state index is -0.482. The first kappa shape index (κ1) is 21.0. The number of methoxy groups -OCH3 is 1. The molecule has 164 valence electrons. The summed E-state index contributed by atoms with van der Waals surface area (Å²) in [5, 5.41) is 0.984. The lowest BCUT2D eigenvalue weighted by atomic mass is 10.1. The molecule has 4 rings (SSSR count). The van der Waals surface area contributed by atoms with Gasteiger partial charge in [-0.2, -0.15) is 0 Å². The molecule has 0 unspecified atom stereocenters. The second-order valence-electron chi connectivity index (χ2n) is 8.61. The highest BCUT2D eigenvalue weighted by Crippen LogP contribution is 2.24. The van der Waals surface area contributed by atoms with E-state index in [2.05, 4.69) is 9.97 Å². The normalized spacial score (nSPS) is 15.2. The largest absolute Gasteiger partial charge is 0.495 e. The Morgan fingerprint density at radius 3 is 2.45 bits per heavy atom. The third-order valence-electron chi connectivity index (χ3n) is 5.10. The number of carbonyl (C=O) groups is 1. The Bertz CT molecular complexity index is 1050. The van der Waals surface area contributed by atoms with Crippen molar-refractivity contribution >= 4 is 17.1 Å². The van der Waals surface area contributed by atoms with Crippen molar-refractivity contribution in [3.8, 4) is 17.3 Å². The van der Waals surface area contributed by atoms with Gasteiger partial charge in [0.15, 0.2) is 0 Å². The molecule has 8 heteroatoms. The van der Waals surface area contributed by atoms with E-state index >= 15 is 0 Å². The number of pyridine rings is 2. The maximum Gasteiger partial charge on any atom is 0.410 e. The minimum Gasteiger partial charge on any atom is -0.495 e. The summed E-state index contributed by atoms with van der Waals surface area (Å²) in [4.78, 5) is 23.0. The van der Waals surface area contributed by atoms with Crippen molar-refractivity contribution in [3.63, 3.8) is 0 Å². The molecular weight excluding hydrogens is 396 g/mol. The van der Waals surface area contributed by atoms with Crippen molar-refractivity contribution in [2.75, 3.05) is 20.2 Å². The van der Waals surface area contributed by atoms with Crippen LogP contribution in [-0.2, 0) is 4.74 Å². The Morgan fingerprint density at radius 1 is 1.06 bits per heavy atom. The molecule has 4 heterocycles. The number of carbonyl (C=O) groups excluding carboxylic acids is 1. The second-order valence-corrected chi connectivity index (χ2v) is 8.61. The van der Waals surface area contributed by atoms with Gasteiger partial charge in [0.2, 0.25) is 0 Å². The molecule has 0 N–H and O–H groups in total. The topological polar surface area (TPSA) is 78.7 Å². The van der Waals surface area contributed by atoms with Crippen LogP contribution in [0.2, 0.25) is 0 Å². The van der Waals surface area contributed by atoms with E-state index in [1.54, 1.807) is 24.4 Å². The Hall–Kier alpha value is -3.29. The minimum absolute atomic E-state index is 0.0490. The average Bonchev–Trinajstić information content (AvgIpc) is 3.16. The number of hydrogen-bond acceptors (Lipinski definition) is 6. The maximum atomic E-state index is 12.2. The molecule has 0 atom stereocenters. The zero-order chi connectivity index (χ0) is 22.0. The third-order valence-corrected chi connectivity index (χ3v) is 5.10. The highest BCUT2D eigenvalue weighted by molar-refractivity contribution is 5.79. The number of amides is 1. The standard InChI is InChI=1S/C23H28N4O4/c1-23(2,3)31-22(28)26-10-8-17(9-11-26)30-18-5-6-20(24-14-18)27-12-7-16-13-19(29-4)15-25-21(16)27/h5-7,12-15,17H,8-11H2,1-4H3. The Balaban J connectivity index is 1.36. The van der Waals surface area contributed by atoms with Crippen LogP contribution in [0, 0.1) is 0 Å². The van der Waals surface area contributed by atoms with Crippen molar-refractivity contribution in [2.45, 2.75) is 45.3 Å². The van der Waals surface area contributed by atoms with Gasteiger partial charge in [-0.15, -0.1) is 0 Å². The van der Waals surface area contributed by atoms with Gasteiger partial charge in [-0.3, -0.25) is 4.57 Å². The molecular formula is C23H28N4O4. The van der Waals surface area contributed by atoms with E-state index in [-0.39, 0.29) is 12.2 Å². The molecule has 0 aromatic carbocycles. The smallest absolute Gasteiger partial charge is 0.410 e. The molecule has 31 heavy (non-hydrogen) atoms. The van der Waals surface area contributed by atoms with Gasteiger partial charge in [-0.05, 0) is 45.0 Å². The molecule has 0 bridgehead atoms. The lowest BCUT2D eigenvalue weighted by molar-refractivity contribution is 0.0126. The molecule has 1 aliphatic heterocycles. The van der Waals surface area contributed by atoms with Crippen LogP contribution in [0.5, 0.6) is 11.5 Å². The van der Waals surface area contributed by atoms with Gasteiger partial charge in [-0.25, -0.2) is 14.8 Å². The van der Waals surface area contributed by atoms with Crippen LogP contribution in [0.15, 0.2) is 42.9 Å². The number of fused-ring (bicyclic) bond motifs is 1. The van der Waals surface area contributed by atoms with Gasteiger partial charge >= 0.3 is 6.09 Å². The molecule has 3 aromatic heterocycles. The van der Waals surface area contributed by atoms with Crippen molar-refractivity contribution in [3.05, 3.63) is 42.9 Å². The Labute approximate surface area is 181 Å². The monoisotopic (exact) mass is 424 g/mol. The van der Waals surface area contributed by atoms with E-state index in [9.17, 15) is 4.79 Å². The van der Waals surface area contributed by atoms with E-state index in [1.807, 2.05) is 55.8 Å². The molecule has 0 spiro atoms. The fraction of sp³-hybridized carbons (Fsp3) is 0.435. The summed E-state index contributed by atoms with van der Waals surface area (Å²) in [5.41, 5.74) is 0.335. The number of likely N-dealkylation sites (tertiary alicyclic amines) is 1. The van der Waals surface area contributed by atoms with Crippen LogP contribution in [-0.4, -0.2) is 57.4 Å². The molecule has 1 saturated heterocycles. The van der Waals surface area contributed by atoms with E-state index in [1.165, 1.54) is 0 Å². The van der Waals surface area contributed by atoms with Gasteiger partial charge in [0, 0.05) is 37.5 Å². The number of rotatable bonds is 4. The van der Waals surface area contributed by atoms with Crippen molar-refractivity contribution in [1.29, 1.82) is 0 Å². The molecule has 1 aliphatic rings. The molecule has 0 saturated carbocycles. The maximum absolute atomic E-state index is 12.2. The van der Waals surface area contributed by atoms with E-state index in [4.69, 9.17) is 14.2 Å². The summed E-state index contributed by atoms with van der Waals surface area (Å²) < 4.78 is 18.7. The number of nitrogens with zero attached hydrogens (tertiary/aromatic N) is 4. The number of piperidine rings is 1. The molecule has 1 fully saturated rings. The molecule has 1 amide bonds. The number of hydrogen-bond donors (Lipinski definition) is 0. The summed E-state index contributed by atoms with van der Waals surface area (Å²) in [7, 11) is 1.63. The first-order valence-electron chi connectivity index (χ1n) is 10.4. The Morgan fingerprint density at radius 2 is 1.81 bits per heavy atom. The average molecular weight is 425 g/mol. The lowest BCUT2D eigenvalue weighted by Crippen LogP contribution is -2.44. The van der Waals surface area contributed by atoms with E-state index < -0.39 is 5.60 Å². The van der Waals surface area contributed by atoms with Crippen LogP contribution in [0.4, 0.5) is 4.79 Å². The van der Waals surface area contributed by atoms with E-state index in [0.717, 1.165) is 35.4 Å². The fourth-order valence-corrected chi connectivity index (χ4v) is 3.56. The summed E-state index contributed by atoms with van der Waals surface area (Å²) in [5.74, 6) is 2.20. The van der Waals surface area contributed by atoms with Crippen LogP contribution < -0.4 is 9.47 Å². The molecule has 8 nitrogen and oxygen atoms in total. The fourth-order valence-electron chi connectivity index (χ4n) is 3.56. The van der Waals surface area contributed by atoms with Gasteiger partial charge < -0.3 is 19.1 Å². The van der Waals surface area contributed by atoms with Gasteiger partial charge in [0.25, 0.3) is 0 Å². The van der Waals surface area contributed by atoms with Gasteiger partial charge in [-0.1, -0.05) is 0 Å². The SMILES string of the molecule is COc1cnc2c(ccn2-c2ccc(OC3CCN(C(=O)OC(C)(C)C)CC3)cn2)c1. The first-order valence-corrected chi connectivity index (χ1v) is 10.4. The third kappa shape index (κ3) is 4.90. The quantitative estimate of drug-likeness (QED) is 0.624. The van der Waals surface area contributed by atoms with Crippen LogP contribution in [0.3, 0.4) is 0 Å². The van der Waals surface area contributed by atoms with Crippen molar-refractivity contribution in [2.24, 2.45) is 0 Å². The summed E-state index contributed by atoms with van der Waals surface area (Å²) in [6.45, 7) is 6.87. The summed E-state index contributed by atoms with van der Waals surface area (Å²) in [6.07, 6.45) is 6.66. The Kier molecular flexibility index (Phi) is 5.71. The van der Waals surface area contributed by atoms with Gasteiger partial charge in [0.1, 0.15) is 34.7 Å². The van der Waals surface area contributed by atoms with Crippen LogP contribution in [0.25, 0.3) is 16.9 Å².